The fraction of sp³-hybridized carbons (Fsp3) is 0.800. The van der Waals surface area contributed by atoms with Crippen LogP contribution in [0.15, 0.2) is 24.3 Å². The molecule has 2 aliphatic rings. The summed E-state index contributed by atoms with van der Waals surface area (Å²) in [6.07, 6.45) is 27.0. The van der Waals surface area contributed by atoms with Gasteiger partial charge in [0.1, 0.15) is 0 Å². The molecule has 0 spiro atoms. The molecule has 114 valence electrons. The molecule has 0 aromatic carbocycles. The molecule has 0 aromatic rings. The molecule has 1 fully saturated rings. The Balaban J connectivity index is 1.65. The Labute approximate surface area is 126 Å². The van der Waals surface area contributed by atoms with E-state index in [9.17, 15) is 0 Å². The van der Waals surface area contributed by atoms with Gasteiger partial charge in [-0.3, -0.25) is 0 Å². The van der Waals surface area contributed by atoms with Gasteiger partial charge in [0.25, 0.3) is 0 Å². The van der Waals surface area contributed by atoms with Gasteiger partial charge in [0, 0.05) is 0 Å². The van der Waals surface area contributed by atoms with Crippen molar-refractivity contribution in [1.29, 1.82) is 0 Å². The normalized spacial score (nSPS) is 21.1. The van der Waals surface area contributed by atoms with Crippen molar-refractivity contribution in [3.05, 3.63) is 24.3 Å². The van der Waals surface area contributed by atoms with Crippen molar-refractivity contribution < 1.29 is 0 Å². The largest absolute Gasteiger partial charge is 0.0773 e. The van der Waals surface area contributed by atoms with Crippen molar-refractivity contribution >= 4 is 0 Å². The molecule has 0 radical (unpaired) electrons. The zero-order chi connectivity index (χ0) is 14.0. The summed E-state index contributed by atoms with van der Waals surface area (Å²) in [6.45, 7) is 2.30. The van der Waals surface area contributed by atoms with Gasteiger partial charge >= 0.3 is 0 Å². The predicted molar refractivity (Wildman–Crippen MR) is 89.8 cm³/mol. The van der Waals surface area contributed by atoms with Gasteiger partial charge in [0.05, 0.1) is 0 Å². The first kappa shape index (κ1) is 15.9. The molecule has 2 aliphatic carbocycles. The quantitative estimate of drug-likeness (QED) is 0.390. The van der Waals surface area contributed by atoms with Crippen LogP contribution in [0.2, 0.25) is 0 Å². The summed E-state index contributed by atoms with van der Waals surface area (Å²) in [5.74, 6) is 2.73. The summed E-state index contributed by atoms with van der Waals surface area (Å²) in [5.41, 5.74) is 0. The molecule has 0 amide bonds. The van der Waals surface area contributed by atoms with Gasteiger partial charge in [-0.05, 0) is 24.2 Å². The highest BCUT2D eigenvalue weighted by atomic mass is 14.3. The van der Waals surface area contributed by atoms with Crippen LogP contribution >= 0.6 is 0 Å². The maximum Gasteiger partial charge on any atom is -0.00163 e. The van der Waals surface area contributed by atoms with Gasteiger partial charge < -0.3 is 0 Å². The lowest BCUT2D eigenvalue weighted by Gasteiger charge is -2.27. The second-order valence-electron chi connectivity index (χ2n) is 6.97. The zero-order valence-electron chi connectivity index (χ0n) is 13.5. The standard InChI is InChI=1S/C20H34/c1-2-3-4-5-6-7-8-17-20(18-13-9-10-14-18)19-15-11-12-16-19/h9-10,13-14,18-20H,2-8,11-12,15-17H2,1H3. The van der Waals surface area contributed by atoms with Crippen molar-refractivity contribution in [3.8, 4) is 0 Å². The first-order valence-electron chi connectivity index (χ1n) is 9.27. The maximum absolute atomic E-state index is 2.45. The van der Waals surface area contributed by atoms with Gasteiger partial charge in [-0.15, -0.1) is 0 Å². The lowest BCUT2D eigenvalue weighted by atomic mass is 9.78. The van der Waals surface area contributed by atoms with Crippen LogP contribution in [0.1, 0.15) is 84.0 Å². The average molecular weight is 274 g/mol. The SMILES string of the molecule is CCCCCCCCCC(C1C=CC=C1)C1CCCC1. The average Bonchev–Trinajstić information content (AvgIpc) is 3.14. The Morgan fingerprint density at radius 1 is 0.850 bits per heavy atom. The van der Waals surface area contributed by atoms with Gasteiger partial charge in [0.15, 0.2) is 0 Å². The highest BCUT2D eigenvalue weighted by Gasteiger charge is 2.29. The second-order valence-corrected chi connectivity index (χ2v) is 6.97. The third kappa shape index (κ3) is 5.11. The molecular weight excluding hydrogens is 240 g/mol. The highest BCUT2D eigenvalue weighted by molar-refractivity contribution is 5.19. The van der Waals surface area contributed by atoms with Crippen LogP contribution in [0.4, 0.5) is 0 Å². The Hall–Kier alpha value is -0.520. The molecule has 1 atom stereocenters. The van der Waals surface area contributed by atoms with Gasteiger partial charge in [0.2, 0.25) is 0 Å². The Morgan fingerprint density at radius 3 is 2.10 bits per heavy atom. The third-order valence-corrected chi connectivity index (χ3v) is 5.42. The summed E-state index contributed by atoms with van der Waals surface area (Å²) < 4.78 is 0. The van der Waals surface area contributed by atoms with E-state index in [1.807, 2.05) is 0 Å². The topological polar surface area (TPSA) is 0 Å². The molecule has 0 aliphatic heterocycles. The molecule has 0 N–H and O–H groups in total. The van der Waals surface area contributed by atoms with E-state index in [4.69, 9.17) is 0 Å². The molecule has 0 aromatic heterocycles. The van der Waals surface area contributed by atoms with Crippen molar-refractivity contribution in [2.24, 2.45) is 17.8 Å². The predicted octanol–water partition coefficient (Wildman–Crippen LogP) is 6.68. The summed E-state index contributed by atoms with van der Waals surface area (Å²) in [7, 11) is 0. The number of rotatable bonds is 10. The van der Waals surface area contributed by atoms with Crippen LogP contribution in [0.25, 0.3) is 0 Å². The minimum Gasteiger partial charge on any atom is -0.0773 e. The van der Waals surface area contributed by atoms with Crippen LogP contribution in [0, 0.1) is 17.8 Å². The monoisotopic (exact) mass is 274 g/mol. The molecule has 1 unspecified atom stereocenters. The van der Waals surface area contributed by atoms with E-state index in [0.29, 0.717) is 0 Å². The molecular formula is C20H34. The molecule has 0 heterocycles. The molecule has 1 saturated carbocycles. The number of allylic oxidation sites excluding steroid dienone is 4. The first-order valence-corrected chi connectivity index (χ1v) is 9.27. The summed E-state index contributed by atoms with van der Waals surface area (Å²) >= 11 is 0. The lowest BCUT2D eigenvalue weighted by molar-refractivity contribution is 0.270. The van der Waals surface area contributed by atoms with E-state index in [2.05, 4.69) is 31.2 Å². The van der Waals surface area contributed by atoms with Gasteiger partial charge in [-0.1, -0.05) is 102 Å². The lowest BCUT2D eigenvalue weighted by Crippen LogP contribution is -2.18. The number of hydrogen-bond acceptors (Lipinski definition) is 0. The molecule has 2 rings (SSSR count). The molecule has 20 heavy (non-hydrogen) atoms. The number of hydrogen-bond donors (Lipinski definition) is 0. The van der Waals surface area contributed by atoms with E-state index in [0.717, 1.165) is 17.8 Å². The summed E-state index contributed by atoms with van der Waals surface area (Å²) in [6, 6.07) is 0. The van der Waals surface area contributed by atoms with Crippen molar-refractivity contribution in [3.63, 3.8) is 0 Å². The fourth-order valence-electron chi connectivity index (χ4n) is 4.20. The van der Waals surface area contributed by atoms with Crippen LogP contribution in [-0.4, -0.2) is 0 Å². The van der Waals surface area contributed by atoms with E-state index in [-0.39, 0.29) is 0 Å². The molecule has 0 bridgehead atoms. The summed E-state index contributed by atoms with van der Waals surface area (Å²) in [5, 5.41) is 0. The molecule has 0 nitrogen and oxygen atoms in total. The van der Waals surface area contributed by atoms with Crippen molar-refractivity contribution in [2.45, 2.75) is 84.0 Å². The Bertz CT molecular complexity index is 281. The van der Waals surface area contributed by atoms with Crippen LogP contribution < -0.4 is 0 Å². The zero-order valence-corrected chi connectivity index (χ0v) is 13.5. The van der Waals surface area contributed by atoms with Gasteiger partial charge in [-0.25, -0.2) is 0 Å². The summed E-state index contributed by atoms with van der Waals surface area (Å²) in [4.78, 5) is 0. The van der Waals surface area contributed by atoms with Crippen LogP contribution in [0.3, 0.4) is 0 Å². The van der Waals surface area contributed by atoms with Crippen molar-refractivity contribution in [2.75, 3.05) is 0 Å². The van der Waals surface area contributed by atoms with Crippen molar-refractivity contribution in [1.82, 2.24) is 0 Å². The van der Waals surface area contributed by atoms with E-state index >= 15 is 0 Å². The second kappa shape index (κ2) is 9.42. The van der Waals surface area contributed by atoms with E-state index in [1.165, 1.54) is 77.0 Å². The van der Waals surface area contributed by atoms with Crippen LogP contribution in [-0.2, 0) is 0 Å². The smallest absolute Gasteiger partial charge is 0.00163 e. The first-order chi connectivity index (χ1) is 9.92. The van der Waals surface area contributed by atoms with E-state index < -0.39 is 0 Å². The third-order valence-electron chi connectivity index (χ3n) is 5.42. The molecule has 0 heteroatoms. The maximum atomic E-state index is 2.45. The Kier molecular flexibility index (Phi) is 7.47. The van der Waals surface area contributed by atoms with E-state index in [1.54, 1.807) is 0 Å². The molecule has 0 saturated heterocycles. The van der Waals surface area contributed by atoms with Crippen LogP contribution in [0.5, 0.6) is 0 Å². The minimum absolute atomic E-state index is 0.762. The number of unbranched alkanes of at least 4 members (excludes halogenated alkanes) is 6. The highest BCUT2D eigenvalue weighted by Crippen LogP contribution is 2.40. The van der Waals surface area contributed by atoms with Gasteiger partial charge in [-0.2, -0.15) is 0 Å². The minimum atomic E-state index is 0.762. The Morgan fingerprint density at radius 2 is 1.45 bits per heavy atom. The fourth-order valence-corrected chi connectivity index (χ4v) is 4.20.